The van der Waals surface area contributed by atoms with Gasteiger partial charge in [-0.05, 0) is 19.3 Å². The molecule has 0 saturated carbocycles. The van der Waals surface area contributed by atoms with Crippen LogP contribution in [0.5, 0.6) is 0 Å². The van der Waals surface area contributed by atoms with Crippen LogP contribution in [0.1, 0.15) is 25.1 Å². The van der Waals surface area contributed by atoms with Crippen molar-refractivity contribution in [1.29, 1.82) is 0 Å². The first-order chi connectivity index (χ1) is 7.86. The molecule has 16 heavy (non-hydrogen) atoms. The van der Waals surface area contributed by atoms with E-state index in [1.54, 1.807) is 0 Å². The van der Waals surface area contributed by atoms with Gasteiger partial charge in [0.2, 0.25) is 12.3 Å². The maximum absolute atomic E-state index is 11.6. The highest BCUT2D eigenvalue weighted by Gasteiger charge is 2.19. The molecule has 1 fully saturated rings. The first kappa shape index (κ1) is 11.1. The fourth-order valence-corrected chi connectivity index (χ4v) is 1.79. The Bertz CT molecular complexity index is 326. The lowest BCUT2D eigenvalue weighted by Crippen LogP contribution is -2.43. The molecule has 88 valence electrons. The highest BCUT2D eigenvalue weighted by Crippen LogP contribution is 2.05. The van der Waals surface area contributed by atoms with Crippen molar-refractivity contribution in [1.82, 2.24) is 20.8 Å². The Hall–Kier alpha value is -1.43. The molecule has 2 rings (SSSR count). The number of aromatic nitrogens is 2. The first-order valence-electron chi connectivity index (χ1n) is 5.62. The van der Waals surface area contributed by atoms with E-state index in [0.29, 0.717) is 18.8 Å². The molecule has 6 nitrogen and oxygen atoms in total. The van der Waals surface area contributed by atoms with E-state index in [2.05, 4.69) is 25.3 Å². The van der Waals surface area contributed by atoms with Gasteiger partial charge in [0, 0.05) is 19.5 Å². The third kappa shape index (κ3) is 3.03. The molecule has 1 aliphatic rings. The molecular formula is C10H16N4O2. The number of carbonyl (C=O) groups is 1. The topological polar surface area (TPSA) is 80.0 Å². The predicted molar refractivity (Wildman–Crippen MR) is 56.7 cm³/mol. The molecule has 0 aliphatic carbocycles. The molecule has 1 unspecified atom stereocenters. The van der Waals surface area contributed by atoms with Crippen molar-refractivity contribution in [2.45, 2.75) is 31.7 Å². The number of hydrogen-bond donors (Lipinski definition) is 2. The summed E-state index contributed by atoms with van der Waals surface area (Å²) in [7, 11) is 0. The molecule has 1 aliphatic heterocycles. The van der Waals surface area contributed by atoms with Gasteiger partial charge in [-0.2, -0.15) is 4.98 Å². The summed E-state index contributed by atoms with van der Waals surface area (Å²) in [4.78, 5) is 15.5. The molecule has 1 atom stereocenters. The van der Waals surface area contributed by atoms with Gasteiger partial charge < -0.3 is 15.2 Å². The van der Waals surface area contributed by atoms with E-state index in [1.165, 1.54) is 6.39 Å². The predicted octanol–water partition coefficient (Wildman–Crippen LogP) is -0.130. The third-order valence-corrected chi connectivity index (χ3v) is 2.68. The van der Waals surface area contributed by atoms with Crippen LogP contribution in [0.25, 0.3) is 0 Å². The van der Waals surface area contributed by atoms with Crippen molar-refractivity contribution in [3.63, 3.8) is 0 Å². The number of hydrogen-bond acceptors (Lipinski definition) is 5. The first-order valence-corrected chi connectivity index (χ1v) is 5.62. The average Bonchev–Trinajstić information content (AvgIpc) is 2.71. The summed E-state index contributed by atoms with van der Waals surface area (Å²) in [5, 5.41) is 9.81. The zero-order chi connectivity index (χ0) is 11.2. The highest BCUT2D eigenvalue weighted by molar-refractivity contribution is 5.81. The van der Waals surface area contributed by atoms with Gasteiger partial charge in [-0.1, -0.05) is 5.16 Å². The van der Waals surface area contributed by atoms with E-state index in [4.69, 9.17) is 0 Å². The van der Waals surface area contributed by atoms with Gasteiger partial charge in [-0.3, -0.25) is 4.79 Å². The maximum Gasteiger partial charge on any atom is 0.237 e. The van der Waals surface area contributed by atoms with Crippen LogP contribution >= 0.6 is 0 Å². The molecule has 0 spiro atoms. The highest BCUT2D eigenvalue weighted by atomic mass is 16.5. The monoisotopic (exact) mass is 224 g/mol. The molecule has 1 amide bonds. The summed E-state index contributed by atoms with van der Waals surface area (Å²) < 4.78 is 4.63. The van der Waals surface area contributed by atoms with Crippen molar-refractivity contribution in [3.05, 3.63) is 12.2 Å². The van der Waals surface area contributed by atoms with Crippen LogP contribution in [0.4, 0.5) is 0 Å². The summed E-state index contributed by atoms with van der Waals surface area (Å²) in [5.41, 5.74) is 0. The van der Waals surface area contributed by atoms with Crippen LogP contribution < -0.4 is 10.6 Å². The number of nitrogens with one attached hydrogen (secondary N) is 2. The van der Waals surface area contributed by atoms with Crippen LogP contribution in [-0.2, 0) is 11.2 Å². The lowest BCUT2D eigenvalue weighted by molar-refractivity contribution is -0.122. The minimum Gasteiger partial charge on any atom is -0.355 e. The summed E-state index contributed by atoms with van der Waals surface area (Å²) in [6.07, 6.45) is 5.04. The summed E-state index contributed by atoms with van der Waals surface area (Å²) >= 11 is 0. The van der Waals surface area contributed by atoms with E-state index >= 15 is 0 Å². The average molecular weight is 224 g/mol. The lowest BCUT2D eigenvalue weighted by atomic mass is 10.1. The van der Waals surface area contributed by atoms with Gasteiger partial charge in [-0.15, -0.1) is 0 Å². The van der Waals surface area contributed by atoms with Crippen LogP contribution in [0.2, 0.25) is 0 Å². The van der Waals surface area contributed by atoms with Gasteiger partial charge in [0.05, 0.1) is 6.04 Å². The number of rotatable bonds is 4. The van der Waals surface area contributed by atoms with Gasteiger partial charge in [0.1, 0.15) is 0 Å². The summed E-state index contributed by atoms with van der Waals surface area (Å²) in [5.74, 6) is 0.771. The van der Waals surface area contributed by atoms with Crippen molar-refractivity contribution >= 4 is 5.91 Å². The Morgan fingerprint density at radius 1 is 1.56 bits per heavy atom. The van der Waals surface area contributed by atoms with E-state index in [-0.39, 0.29) is 11.9 Å². The molecule has 6 heteroatoms. The number of nitrogens with zero attached hydrogens (tertiary/aromatic N) is 2. The standard InChI is InChI=1S/C10H16N4O2/c15-10-8(3-1-2-5-12-10)11-6-4-9-13-7-16-14-9/h7-8,11H,1-6H2,(H,12,15). The third-order valence-electron chi connectivity index (χ3n) is 2.68. The van der Waals surface area contributed by atoms with Gasteiger partial charge >= 0.3 is 0 Å². The second-order valence-corrected chi connectivity index (χ2v) is 3.89. The Balaban J connectivity index is 1.73. The summed E-state index contributed by atoms with van der Waals surface area (Å²) in [6, 6.07) is -0.0746. The Kier molecular flexibility index (Phi) is 3.87. The van der Waals surface area contributed by atoms with E-state index < -0.39 is 0 Å². The molecule has 0 bridgehead atoms. The van der Waals surface area contributed by atoms with Crippen LogP contribution in [0.3, 0.4) is 0 Å². The molecule has 1 aromatic rings. The lowest BCUT2D eigenvalue weighted by Gasteiger charge is -2.14. The molecule has 2 heterocycles. The minimum atomic E-state index is -0.0746. The zero-order valence-corrected chi connectivity index (χ0v) is 9.11. The van der Waals surface area contributed by atoms with E-state index in [9.17, 15) is 4.79 Å². The van der Waals surface area contributed by atoms with Gasteiger partial charge in [0.15, 0.2) is 5.82 Å². The fourth-order valence-electron chi connectivity index (χ4n) is 1.79. The molecular weight excluding hydrogens is 208 g/mol. The smallest absolute Gasteiger partial charge is 0.237 e. The molecule has 1 saturated heterocycles. The Morgan fingerprint density at radius 3 is 3.31 bits per heavy atom. The van der Waals surface area contributed by atoms with Crippen LogP contribution in [0.15, 0.2) is 10.9 Å². The quantitative estimate of drug-likeness (QED) is 0.744. The minimum absolute atomic E-state index is 0.0746. The van der Waals surface area contributed by atoms with E-state index in [1.807, 2.05) is 0 Å². The molecule has 0 aromatic carbocycles. The number of amides is 1. The summed E-state index contributed by atoms with van der Waals surface area (Å²) in [6.45, 7) is 1.49. The Labute approximate surface area is 93.8 Å². The zero-order valence-electron chi connectivity index (χ0n) is 9.11. The van der Waals surface area contributed by atoms with Gasteiger partial charge in [0.25, 0.3) is 0 Å². The van der Waals surface area contributed by atoms with Crippen LogP contribution in [-0.4, -0.2) is 35.2 Å². The fraction of sp³-hybridized carbons (Fsp3) is 0.700. The van der Waals surface area contributed by atoms with Crippen LogP contribution in [0, 0.1) is 0 Å². The van der Waals surface area contributed by atoms with Crippen molar-refractivity contribution in [3.8, 4) is 0 Å². The second kappa shape index (κ2) is 5.60. The van der Waals surface area contributed by atoms with Crippen molar-refractivity contribution < 1.29 is 9.32 Å². The van der Waals surface area contributed by atoms with Crippen molar-refractivity contribution in [2.24, 2.45) is 0 Å². The second-order valence-electron chi connectivity index (χ2n) is 3.89. The van der Waals surface area contributed by atoms with E-state index in [0.717, 1.165) is 25.8 Å². The Morgan fingerprint density at radius 2 is 2.50 bits per heavy atom. The van der Waals surface area contributed by atoms with Gasteiger partial charge in [-0.25, -0.2) is 0 Å². The number of carbonyl (C=O) groups excluding carboxylic acids is 1. The molecule has 0 radical (unpaired) electrons. The maximum atomic E-state index is 11.6. The van der Waals surface area contributed by atoms with Crippen molar-refractivity contribution in [2.75, 3.05) is 13.1 Å². The SMILES string of the molecule is O=C1NCCCCC1NCCc1ncon1. The normalized spacial score (nSPS) is 21.5. The largest absolute Gasteiger partial charge is 0.355 e. The molecule has 1 aromatic heterocycles. The molecule has 2 N–H and O–H groups in total.